The van der Waals surface area contributed by atoms with Crippen LogP contribution in [-0.4, -0.2) is 30.8 Å². The van der Waals surface area contributed by atoms with Crippen molar-refractivity contribution in [3.8, 4) is 16.9 Å². The largest absolute Gasteiger partial charge is 0.490 e. The van der Waals surface area contributed by atoms with Crippen molar-refractivity contribution in [2.75, 3.05) is 24.6 Å². The second kappa shape index (κ2) is 6.79. The van der Waals surface area contributed by atoms with E-state index in [1.54, 1.807) is 24.3 Å². The van der Waals surface area contributed by atoms with Crippen LogP contribution in [0.4, 0.5) is 5.69 Å². The number of benzene rings is 2. The van der Waals surface area contributed by atoms with Crippen molar-refractivity contribution in [1.29, 1.82) is 0 Å². The smallest absolute Gasteiger partial charge is 0.372 e. The van der Waals surface area contributed by atoms with E-state index in [9.17, 15) is 14.7 Å². The molecule has 2 aromatic carbocycles. The summed E-state index contributed by atoms with van der Waals surface area (Å²) in [6, 6.07) is 12.5. The molecule has 1 aromatic heterocycles. The van der Waals surface area contributed by atoms with Crippen LogP contribution in [0.15, 0.2) is 51.7 Å². The van der Waals surface area contributed by atoms with Crippen LogP contribution >= 0.6 is 0 Å². The lowest BCUT2D eigenvalue weighted by Gasteiger charge is -2.31. The van der Waals surface area contributed by atoms with Crippen LogP contribution in [0.3, 0.4) is 0 Å². The van der Waals surface area contributed by atoms with Crippen molar-refractivity contribution in [2.24, 2.45) is 0 Å². The monoisotopic (exact) mass is 365 g/mol. The lowest BCUT2D eigenvalue weighted by atomic mass is 9.97. The highest BCUT2D eigenvalue weighted by atomic mass is 16.5. The zero-order valence-corrected chi connectivity index (χ0v) is 14.9. The number of fused-ring (bicyclic) bond motifs is 2. The lowest BCUT2D eigenvalue weighted by molar-refractivity contribution is 0.0659. The molecule has 0 saturated heterocycles. The first-order valence-corrected chi connectivity index (χ1v) is 8.91. The summed E-state index contributed by atoms with van der Waals surface area (Å²) in [6.45, 7) is 4.45. The van der Waals surface area contributed by atoms with E-state index in [0.717, 1.165) is 25.2 Å². The molecule has 1 aliphatic heterocycles. The highest BCUT2D eigenvalue weighted by Gasteiger charge is 2.23. The van der Waals surface area contributed by atoms with Crippen molar-refractivity contribution < 1.29 is 19.1 Å². The number of rotatable bonds is 4. The minimum absolute atomic E-state index is 0.351. The van der Waals surface area contributed by atoms with Crippen LogP contribution in [0.2, 0.25) is 0 Å². The molecule has 27 heavy (non-hydrogen) atoms. The molecule has 3 aromatic rings. The quantitative estimate of drug-likeness (QED) is 0.758. The number of hydrogen-bond donors (Lipinski definition) is 1. The van der Waals surface area contributed by atoms with Gasteiger partial charge < -0.3 is 19.2 Å². The van der Waals surface area contributed by atoms with Gasteiger partial charge in [-0.25, -0.2) is 9.59 Å². The Hall–Kier alpha value is -3.28. The van der Waals surface area contributed by atoms with E-state index in [4.69, 9.17) is 9.15 Å². The molecule has 0 aliphatic carbocycles. The zero-order chi connectivity index (χ0) is 19.0. The van der Waals surface area contributed by atoms with Crippen molar-refractivity contribution in [3.63, 3.8) is 0 Å². The minimum atomic E-state index is -1.28. The Morgan fingerprint density at radius 3 is 2.70 bits per heavy atom. The van der Waals surface area contributed by atoms with Gasteiger partial charge >= 0.3 is 11.6 Å². The Kier molecular flexibility index (Phi) is 4.32. The first kappa shape index (κ1) is 17.1. The van der Waals surface area contributed by atoms with Crippen LogP contribution in [0.1, 0.15) is 23.9 Å². The minimum Gasteiger partial charge on any atom is -0.490 e. The Balaban J connectivity index is 1.95. The van der Waals surface area contributed by atoms with Gasteiger partial charge in [-0.05, 0) is 30.2 Å². The Bertz CT molecular complexity index is 1090. The van der Waals surface area contributed by atoms with Crippen molar-refractivity contribution >= 4 is 22.4 Å². The van der Waals surface area contributed by atoms with Gasteiger partial charge in [-0.1, -0.05) is 31.2 Å². The molecular weight excluding hydrogens is 346 g/mol. The van der Waals surface area contributed by atoms with Crippen LogP contribution in [0.25, 0.3) is 21.9 Å². The van der Waals surface area contributed by atoms with E-state index in [-0.39, 0.29) is 5.76 Å². The molecule has 0 spiro atoms. The first-order valence-electron chi connectivity index (χ1n) is 8.91. The fraction of sp³-hybridized carbons (Fsp3) is 0.238. The van der Waals surface area contributed by atoms with Gasteiger partial charge in [0.15, 0.2) is 0 Å². The van der Waals surface area contributed by atoms with Gasteiger partial charge in [0, 0.05) is 17.5 Å². The summed E-state index contributed by atoms with van der Waals surface area (Å²) in [5.41, 5.74) is 1.36. The molecule has 0 radical (unpaired) electrons. The third-order valence-electron chi connectivity index (χ3n) is 4.73. The van der Waals surface area contributed by atoms with E-state index in [1.165, 1.54) is 0 Å². The first-order chi connectivity index (χ1) is 13.1. The molecule has 6 nitrogen and oxygen atoms in total. The molecule has 4 rings (SSSR count). The molecule has 138 valence electrons. The number of carbonyl (C=O) groups is 1. The van der Waals surface area contributed by atoms with Crippen LogP contribution in [-0.2, 0) is 0 Å². The van der Waals surface area contributed by atoms with E-state index in [0.29, 0.717) is 34.3 Å². The highest BCUT2D eigenvalue weighted by Crippen LogP contribution is 2.38. The molecule has 0 amide bonds. The normalized spacial score (nSPS) is 13.3. The maximum Gasteiger partial charge on any atom is 0.372 e. The molecule has 0 atom stereocenters. The van der Waals surface area contributed by atoms with E-state index in [1.807, 2.05) is 18.2 Å². The molecule has 1 N–H and O–H groups in total. The average molecular weight is 365 g/mol. The summed E-state index contributed by atoms with van der Waals surface area (Å²) in [4.78, 5) is 26.2. The van der Waals surface area contributed by atoms with Crippen molar-refractivity contribution in [2.45, 2.75) is 13.3 Å². The summed E-state index contributed by atoms with van der Waals surface area (Å²) in [7, 11) is 0. The maximum atomic E-state index is 12.2. The SMILES string of the molecule is CCCN1CCOc2cc(-c3c(C(=O)O)oc(=O)c4ccccc34)ccc21. The zero-order valence-electron chi connectivity index (χ0n) is 14.9. The third kappa shape index (κ3) is 2.93. The Labute approximate surface area is 155 Å². The van der Waals surface area contributed by atoms with E-state index in [2.05, 4.69) is 11.8 Å². The van der Waals surface area contributed by atoms with Gasteiger partial charge in [0.25, 0.3) is 0 Å². The van der Waals surface area contributed by atoms with Crippen molar-refractivity contribution in [3.05, 3.63) is 58.6 Å². The van der Waals surface area contributed by atoms with Gasteiger partial charge in [0.1, 0.15) is 12.4 Å². The Morgan fingerprint density at radius 2 is 1.96 bits per heavy atom. The number of carboxylic acids is 1. The molecule has 0 bridgehead atoms. The summed E-state index contributed by atoms with van der Waals surface area (Å²) in [5.74, 6) is -0.933. The number of hydrogen-bond acceptors (Lipinski definition) is 5. The highest BCUT2D eigenvalue weighted by molar-refractivity contribution is 6.05. The topological polar surface area (TPSA) is 80.0 Å². The fourth-order valence-electron chi connectivity index (χ4n) is 3.57. The molecule has 1 aliphatic rings. The summed E-state index contributed by atoms with van der Waals surface area (Å²) in [5, 5.41) is 10.5. The fourth-order valence-corrected chi connectivity index (χ4v) is 3.57. The van der Waals surface area contributed by atoms with Gasteiger partial charge in [-0.3, -0.25) is 0 Å². The molecule has 0 fully saturated rings. The van der Waals surface area contributed by atoms with Crippen LogP contribution < -0.4 is 15.3 Å². The standard InChI is InChI=1S/C21H19NO5/c1-2-9-22-10-11-26-17-12-13(7-8-16(17)22)18-14-5-3-4-6-15(14)21(25)27-19(18)20(23)24/h3-8,12H,2,9-11H2,1H3,(H,23,24). The molecule has 0 unspecified atom stereocenters. The molecular formula is C21H19NO5. The molecule has 2 heterocycles. The predicted octanol–water partition coefficient (Wildman–Crippen LogP) is 3.77. The van der Waals surface area contributed by atoms with Crippen LogP contribution in [0, 0.1) is 0 Å². The van der Waals surface area contributed by atoms with E-state index >= 15 is 0 Å². The molecule has 0 saturated carbocycles. The average Bonchev–Trinajstić information content (AvgIpc) is 2.68. The maximum absolute atomic E-state index is 12.2. The van der Waals surface area contributed by atoms with Gasteiger partial charge in [0.2, 0.25) is 5.76 Å². The number of carboxylic acid groups (broad SMARTS) is 1. The van der Waals surface area contributed by atoms with Gasteiger partial charge in [-0.15, -0.1) is 0 Å². The third-order valence-corrected chi connectivity index (χ3v) is 4.73. The number of ether oxygens (including phenoxy) is 1. The number of anilines is 1. The van der Waals surface area contributed by atoms with E-state index < -0.39 is 11.6 Å². The number of aromatic carboxylic acids is 1. The summed E-state index contributed by atoms with van der Waals surface area (Å²) < 4.78 is 11.0. The Morgan fingerprint density at radius 1 is 1.19 bits per heavy atom. The second-order valence-corrected chi connectivity index (χ2v) is 6.46. The molecule has 6 heteroatoms. The summed E-state index contributed by atoms with van der Waals surface area (Å²) >= 11 is 0. The second-order valence-electron chi connectivity index (χ2n) is 6.46. The van der Waals surface area contributed by atoms with Crippen LogP contribution in [0.5, 0.6) is 5.75 Å². The van der Waals surface area contributed by atoms with Crippen molar-refractivity contribution in [1.82, 2.24) is 0 Å². The lowest BCUT2D eigenvalue weighted by Crippen LogP contribution is -2.33. The van der Waals surface area contributed by atoms with Gasteiger partial charge in [-0.2, -0.15) is 0 Å². The summed E-state index contributed by atoms with van der Waals surface area (Å²) in [6.07, 6.45) is 1.03. The van der Waals surface area contributed by atoms with Gasteiger partial charge in [0.05, 0.1) is 17.6 Å². The number of nitrogens with zero attached hydrogens (tertiary/aromatic N) is 1. The predicted molar refractivity (Wildman–Crippen MR) is 103 cm³/mol.